The van der Waals surface area contributed by atoms with E-state index in [9.17, 15) is 9.90 Å². The Morgan fingerprint density at radius 1 is 1.43 bits per heavy atom. The summed E-state index contributed by atoms with van der Waals surface area (Å²) in [5.74, 6) is -0.0671. The smallest absolute Gasteiger partial charge is 0.225 e. The summed E-state index contributed by atoms with van der Waals surface area (Å²) < 4.78 is 0. The van der Waals surface area contributed by atoms with Crippen LogP contribution < -0.4 is 5.32 Å². The van der Waals surface area contributed by atoms with E-state index in [4.69, 9.17) is 0 Å². The third-order valence-electron chi connectivity index (χ3n) is 3.84. The molecule has 1 amide bonds. The molecule has 0 bridgehead atoms. The van der Waals surface area contributed by atoms with Crippen LogP contribution in [-0.4, -0.2) is 22.1 Å². The molecular formula is C16H18N2O2S. The molecule has 21 heavy (non-hydrogen) atoms. The molecule has 0 fully saturated rings. The first-order chi connectivity index (χ1) is 10.0. The van der Waals surface area contributed by atoms with E-state index in [1.807, 2.05) is 38.1 Å². The minimum Gasteiger partial charge on any atom is -0.390 e. The summed E-state index contributed by atoms with van der Waals surface area (Å²) in [6.45, 7) is 3.86. The van der Waals surface area contributed by atoms with Gasteiger partial charge in [0.1, 0.15) is 0 Å². The van der Waals surface area contributed by atoms with Crippen LogP contribution in [0, 0.1) is 13.8 Å². The van der Waals surface area contributed by atoms with Gasteiger partial charge in [-0.15, -0.1) is 11.3 Å². The maximum atomic E-state index is 12.2. The minimum atomic E-state index is -0.546. The molecule has 1 aromatic heterocycles. The van der Waals surface area contributed by atoms with E-state index < -0.39 is 6.10 Å². The highest BCUT2D eigenvalue weighted by Crippen LogP contribution is 2.31. The molecule has 1 aromatic carbocycles. The maximum absolute atomic E-state index is 12.2. The van der Waals surface area contributed by atoms with Crippen molar-refractivity contribution in [2.45, 2.75) is 38.8 Å². The van der Waals surface area contributed by atoms with Crippen molar-refractivity contribution < 1.29 is 9.90 Å². The molecule has 1 heterocycles. The minimum absolute atomic E-state index is 0.0671. The van der Waals surface area contributed by atoms with Gasteiger partial charge in [0, 0.05) is 11.3 Å². The molecule has 4 nitrogen and oxygen atoms in total. The van der Waals surface area contributed by atoms with Crippen LogP contribution in [0.25, 0.3) is 0 Å². The lowest BCUT2D eigenvalue weighted by molar-refractivity contribution is -0.121. The van der Waals surface area contributed by atoms with E-state index in [2.05, 4.69) is 10.3 Å². The second-order valence-corrected chi connectivity index (χ2v) is 6.72. The number of nitrogens with zero attached hydrogens (tertiary/aromatic N) is 1. The van der Waals surface area contributed by atoms with E-state index in [-0.39, 0.29) is 11.9 Å². The number of aryl methyl sites for hydroxylation is 2. The number of nitrogens with one attached hydrogen (secondary N) is 1. The Labute approximate surface area is 127 Å². The van der Waals surface area contributed by atoms with E-state index in [0.29, 0.717) is 12.8 Å². The summed E-state index contributed by atoms with van der Waals surface area (Å²) in [4.78, 5) is 17.6. The first-order valence-electron chi connectivity index (χ1n) is 7.02. The van der Waals surface area contributed by atoms with Crippen LogP contribution in [0.3, 0.4) is 0 Å². The molecule has 0 unspecified atom stereocenters. The highest BCUT2D eigenvalue weighted by molar-refractivity contribution is 7.11. The Hall–Kier alpha value is -1.72. The van der Waals surface area contributed by atoms with Gasteiger partial charge in [0.25, 0.3) is 0 Å². The molecule has 2 atom stereocenters. The zero-order chi connectivity index (χ0) is 15.0. The lowest BCUT2D eigenvalue weighted by Crippen LogP contribution is -2.34. The van der Waals surface area contributed by atoms with Gasteiger partial charge in [-0.05, 0) is 25.0 Å². The predicted molar refractivity (Wildman–Crippen MR) is 82.3 cm³/mol. The molecule has 0 aliphatic heterocycles. The number of thiazole rings is 1. The van der Waals surface area contributed by atoms with Crippen LogP contribution in [-0.2, 0) is 17.6 Å². The largest absolute Gasteiger partial charge is 0.390 e. The molecule has 3 rings (SSSR count). The van der Waals surface area contributed by atoms with Crippen LogP contribution in [0.15, 0.2) is 24.3 Å². The standard InChI is InChI=1S/C16H18N2O2S/c1-9-14(21-10(2)17-9)8-15(20)18-16-12-6-4-3-5-11(12)7-13(16)19/h3-6,13,16,19H,7-8H2,1-2H3,(H,18,20)/t13-,16-/m1/s1. The lowest BCUT2D eigenvalue weighted by atomic mass is 10.1. The second kappa shape index (κ2) is 5.58. The van der Waals surface area contributed by atoms with Gasteiger partial charge in [-0.1, -0.05) is 24.3 Å². The average molecular weight is 302 g/mol. The Balaban J connectivity index is 1.72. The summed E-state index contributed by atoms with van der Waals surface area (Å²) in [5, 5.41) is 14.1. The number of aliphatic hydroxyl groups excluding tert-OH is 1. The van der Waals surface area contributed by atoms with Gasteiger partial charge in [0.15, 0.2) is 0 Å². The summed E-state index contributed by atoms with van der Waals surface area (Å²) in [7, 11) is 0. The van der Waals surface area contributed by atoms with Crippen molar-refractivity contribution in [1.29, 1.82) is 0 Å². The number of carbonyl (C=O) groups is 1. The monoisotopic (exact) mass is 302 g/mol. The number of aliphatic hydroxyl groups is 1. The Bertz CT molecular complexity index is 681. The normalized spacial score (nSPS) is 20.3. The SMILES string of the molecule is Cc1nc(C)c(CC(=O)N[C@@H]2c3ccccc3C[C@H]2O)s1. The number of aromatic nitrogens is 1. The summed E-state index contributed by atoms with van der Waals surface area (Å²) in [6, 6.07) is 7.56. The van der Waals surface area contributed by atoms with Gasteiger partial charge >= 0.3 is 0 Å². The fraction of sp³-hybridized carbons (Fsp3) is 0.375. The van der Waals surface area contributed by atoms with Gasteiger partial charge in [0.2, 0.25) is 5.91 Å². The van der Waals surface area contributed by atoms with Crippen molar-refractivity contribution in [3.8, 4) is 0 Å². The highest BCUT2D eigenvalue weighted by atomic mass is 32.1. The van der Waals surface area contributed by atoms with Crippen molar-refractivity contribution in [2.75, 3.05) is 0 Å². The maximum Gasteiger partial charge on any atom is 0.225 e. The number of hydrogen-bond donors (Lipinski definition) is 2. The highest BCUT2D eigenvalue weighted by Gasteiger charge is 2.31. The number of amides is 1. The second-order valence-electron chi connectivity index (χ2n) is 5.43. The molecule has 110 valence electrons. The van der Waals surface area contributed by atoms with Gasteiger partial charge < -0.3 is 10.4 Å². The molecular weight excluding hydrogens is 284 g/mol. The molecule has 1 aliphatic rings. The van der Waals surface area contributed by atoms with Crippen LogP contribution in [0.4, 0.5) is 0 Å². The molecule has 2 N–H and O–H groups in total. The molecule has 0 saturated carbocycles. The van der Waals surface area contributed by atoms with Crippen LogP contribution >= 0.6 is 11.3 Å². The summed E-state index contributed by atoms with van der Waals surface area (Å²) in [6.07, 6.45) is 0.373. The number of hydrogen-bond acceptors (Lipinski definition) is 4. The summed E-state index contributed by atoms with van der Waals surface area (Å²) >= 11 is 1.55. The molecule has 0 spiro atoms. The number of fused-ring (bicyclic) bond motifs is 1. The van der Waals surface area contributed by atoms with Gasteiger partial charge in [-0.2, -0.15) is 0 Å². The topological polar surface area (TPSA) is 62.2 Å². The van der Waals surface area contributed by atoms with E-state index in [0.717, 1.165) is 26.7 Å². The van der Waals surface area contributed by atoms with Crippen molar-refractivity contribution >= 4 is 17.2 Å². The van der Waals surface area contributed by atoms with Crippen LogP contribution in [0.5, 0.6) is 0 Å². The molecule has 5 heteroatoms. The average Bonchev–Trinajstić information content (AvgIpc) is 2.90. The molecule has 1 aliphatic carbocycles. The van der Waals surface area contributed by atoms with Crippen LogP contribution in [0.1, 0.15) is 32.7 Å². The number of benzene rings is 1. The zero-order valence-electron chi connectivity index (χ0n) is 12.1. The van der Waals surface area contributed by atoms with Crippen molar-refractivity contribution in [2.24, 2.45) is 0 Å². The van der Waals surface area contributed by atoms with Gasteiger partial charge in [0.05, 0.1) is 29.3 Å². The molecule has 2 aromatic rings. The van der Waals surface area contributed by atoms with E-state index >= 15 is 0 Å². The Morgan fingerprint density at radius 2 is 2.19 bits per heavy atom. The van der Waals surface area contributed by atoms with Crippen molar-refractivity contribution in [1.82, 2.24) is 10.3 Å². The quantitative estimate of drug-likeness (QED) is 0.912. The number of carbonyl (C=O) groups excluding carboxylic acids is 1. The first kappa shape index (κ1) is 14.2. The van der Waals surface area contributed by atoms with Crippen molar-refractivity contribution in [3.05, 3.63) is 51.0 Å². The zero-order valence-corrected chi connectivity index (χ0v) is 12.9. The lowest BCUT2D eigenvalue weighted by Gasteiger charge is -2.17. The third-order valence-corrected chi connectivity index (χ3v) is 4.91. The van der Waals surface area contributed by atoms with Crippen LogP contribution in [0.2, 0.25) is 0 Å². The van der Waals surface area contributed by atoms with Crippen molar-refractivity contribution in [3.63, 3.8) is 0 Å². The Morgan fingerprint density at radius 3 is 2.90 bits per heavy atom. The Kier molecular flexibility index (Phi) is 3.78. The fourth-order valence-electron chi connectivity index (χ4n) is 2.86. The van der Waals surface area contributed by atoms with Gasteiger partial charge in [-0.25, -0.2) is 4.98 Å². The summed E-state index contributed by atoms with van der Waals surface area (Å²) in [5.41, 5.74) is 3.05. The molecule has 0 saturated heterocycles. The fourth-order valence-corrected chi connectivity index (χ4v) is 3.79. The predicted octanol–water partition coefficient (Wildman–Crippen LogP) is 2.08. The van der Waals surface area contributed by atoms with E-state index in [1.165, 1.54) is 0 Å². The van der Waals surface area contributed by atoms with Gasteiger partial charge in [-0.3, -0.25) is 4.79 Å². The molecule has 0 radical (unpaired) electrons. The first-order valence-corrected chi connectivity index (χ1v) is 7.84. The number of rotatable bonds is 3. The third kappa shape index (κ3) is 2.84. The van der Waals surface area contributed by atoms with E-state index in [1.54, 1.807) is 11.3 Å².